The number of carbonyl (C=O) groups is 3. The van der Waals surface area contributed by atoms with Crippen LogP contribution in [0.1, 0.15) is 43.1 Å². The summed E-state index contributed by atoms with van der Waals surface area (Å²) in [6.07, 6.45) is 1.44. The van der Waals surface area contributed by atoms with Crippen LogP contribution in [0, 0.1) is 0 Å². The van der Waals surface area contributed by atoms with Crippen molar-refractivity contribution in [1.82, 2.24) is 0 Å². The monoisotopic (exact) mass is 501 g/mol. The van der Waals surface area contributed by atoms with Crippen molar-refractivity contribution in [3.05, 3.63) is 96.1 Å². The van der Waals surface area contributed by atoms with Crippen molar-refractivity contribution in [2.45, 2.75) is 38.5 Å². The second kappa shape index (κ2) is 14.0. The Morgan fingerprint density at radius 3 is 2.06 bits per heavy atom. The van der Waals surface area contributed by atoms with E-state index in [0.717, 1.165) is 17.7 Å². The van der Waals surface area contributed by atoms with Crippen LogP contribution in [0.15, 0.2) is 89.9 Å². The van der Waals surface area contributed by atoms with Crippen molar-refractivity contribution in [3.63, 3.8) is 0 Å². The summed E-state index contributed by atoms with van der Waals surface area (Å²) in [5, 5.41) is 5.99. The molecule has 186 valence electrons. The van der Waals surface area contributed by atoms with Gasteiger partial charge < -0.3 is 10.6 Å². The van der Waals surface area contributed by atoms with E-state index in [9.17, 15) is 14.4 Å². The largest absolute Gasteiger partial charge is 0.326 e. The van der Waals surface area contributed by atoms with Crippen LogP contribution in [-0.2, 0) is 20.9 Å². The number of benzene rings is 3. The molecule has 0 bridgehead atoms. The van der Waals surface area contributed by atoms with E-state index in [1.807, 2.05) is 36.4 Å². The van der Waals surface area contributed by atoms with Gasteiger partial charge in [0.05, 0.1) is 6.54 Å². The van der Waals surface area contributed by atoms with Crippen LogP contribution in [-0.4, -0.2) is 29.1 Å². The lowest BCUT2D eigenvalue weighted by Gasteiger charge is -2.14. The first kappa shape index (κ1) is 26.9. The first-order valence-corrected chi connectivity index (χ1v) is 13.0. The van der Waals surface area contributed by atoms with Crippen molar-refractivity contribution in [1.29, 1.82) is 0 Å². The zero-order valence-electron chi connectivity index (χ0n) is 20.6. The van der Waals surface area contributed by atoms with Gasteiger partial charge in [-0.2, -0.15) is 11.8 Å². The summed E-state index contributed by atoms with van der Waals surface area (Å²) < 4.78 is 0. The molecule has 1 atom stereocenters. The highest BCUT2D eigenvalue weighted by Gasteiger charge is 2.16. The molecule has 3 aromatic rings. The van der Waals surface area contributed by atoms with Crippen LogP contribution < -0.4 is 10.6 Å². The Hall–Kier alpha value is -3.71. The van der Waals surface area contributed by atoms with E-state index in [4.69, 9.17) is 0 Å². The average molecular weight is 502 g/mol. The zero-order chi connectivity index (χ0) is 25.8. The molecule has 7 heteroatoms. The molecule has 0 aromatic heterocycles. The van der Waals surface area contributed by atoms with Crippen molar-refractivity contribution in [3.8, 4) is 0 Å². The van der Waals surface area contributed by atoms with Crippen LogP contribution in [0.3, 0.4) is 0 Å². The molecule has 0 aliphatic heterocycles. The second-order valence-corrected chi connectivity index (χ2v) is 9.53. The summed E-state index contributed by atoms with van der Waals surface area (Å²) in [7, 11) is 0. The van der Waals surface area contributed by atoms with Gasteiger partial charge >= 0.3 is 0 Å². The van der Waals surface area contributed by atoms with E-state index in [2.05, 4.69) is 34.7 Å². The van der Waals surface area contributed by atoms with Crippen LogP contribution in [0.4, 0.5) is 11.4 Å². The Labute approximate surface area is 216 Å². The lowest BCUT2D eigenvalue weighted by atomic mass is 10.1. The number of amides is 2. The van der Waals surface area contributed by atoms with Gasteiger partial charge in [-0.3, -0.25) is 19.4 Å². The fourth-order valence-electron chi connectivity index (χ4n) is 3.55. The van der Waals surface area contributed by atoms with Crippen molar-refractivity contribution < 1.29 is 14.4 Å². The van der Waals surface area contributed by atoms with Crippen molar-refractivity contribution in [2.75, 3.05) is 16.4 Å². The highest BCUT2D eigenvalue weighted by molar-refractivity contribution is 7.99. The third kappa shape index (κ3) is 8.50. The van der Waals surface area contributed by atoms with Crippen molar-refractivity contribution in [2.24, 2.45) is 4.99 Å². The summed E-state index contributed by atoms with van der Waals surface area (Å²) in [4.78, 5) is 41.1. The van der Waals surface area contributed by atoms with Gasteiger partial charge in [-0.1, -0.05) is 67.6 Å². The number of thioether (sulfide) groups is 1. The second-order valence-electron chi connectivity index (χ2n) is 8.21. The molecular formula is C29H31N3O3S. The molecule has 0 aliphatic carbocycles. The third-order valence-electron chi connectivity index (χ3n) is 5.43. The van der Waals surface area contributed by atoms with Crippen LogP contribution in [0.2, 0.25) is 0 Å². The number of hydrogen-bond donors (Lipinski definition) is 2. The number of aliphatic imine (C=N–C) groups is 1. The number of nitrogens with zero attached hydrogens (tertiary/aromatic N) is 1. The van der Waals surface area contributed by atoms with Crippen LogP contribution in [0.5, 0.6) is 0 Å². The van der Waals surface area contributed by atoms with Crippen molar-refractivity contribution >= 4 is 46.4 Å². The molecule has 0 saturated carbocycles. The van der Waals surface area contributed by atoms with E-state index in [1.54, 1.807) is 48.2 Å². The lowest BCUT2D eigenvalue weighted by Crippen LogP contribution is -2.28. The molecule has 36 heavy (non-hydrogen) atoms. The number of anilines is 2. The van der Waals surface area contributed by atoms with Gasteiger partial charge in [-0.25, -0.2) is 0 Å². The number of para-hydroxylation sites is 1. The van der Waals surface area contributed by atoms with E-state index in [-0.39, 0.29) is 18.2 Å². The van der Waals surface area contributed by atoms with Gasteiger partial charge in [0.1, 0.15) is 0 Å². The number of rotatable bonds is 12. The van der Waals surface area contributed by atoms with Crippen LogP contribution >= 0.6 is 11.8 Å². The lowest BCUT2D eigenvalue weighted by molar-refractivity contribution is -0.116. The molecule has 0 saturated heterocycles. The Morgan fingerprint density at radius 1 is 0.833 bits per heavy atom. The Bertz CT molecular complexity index is 1180. The molecule has 0 heterocycles. The first-order chi connectivity index (χ1) is 17.5. The highest BCUT2D eigenvalue weighted by Crippen LogP contribution is 2.32. The van der Waals surface area contributed by atoms with Gasteiger partial charge in [0, 0.05) is 35.7 Å². The summed E-state index contributed by atoms with van der Waals surface area (Å²) in [5.74, 6) is -0.228. The fourth-order valence-corrected chi connectivity index (χ4v) is 4.73. The van der Waals surface area contributed by atoms with E-state index in [1.165, 1.54) is 12.5 Å². The van der Waals surface area contributed by atoms with E-state index in [0.29, 0.717) is 23.0 Å². The van der Waals surface area contributed by atoms with Gasteiger partial charge in [0.15, 0.2) is 11.5 Å². The number of ketones is 1. The molecule has 3 aromatic carbocycles. The zero-order valence-corrected chi connectivity index (χ0v) is 21.4. The molecule has 0 aliphatic rings. The minimum Gasteiger partial charge on any atom is -0.326 e. The molecule has 0 spiro atoms. The van der Waals surface area contributed by atoms with Crippen LogP contribution in [0.25, 0.3) is 0 Å². The molecule has 1 unspecified atom stereocenters. The molecule has 0 fully saturated rings. The predicted molar refractivity (Wildman–Crippen MR) is 149 cm³/mol. The van der Waals surface area contributed by atoms with Gasteiger partial charge in [-0.15, -0.1) is 0 Å². The van der Waals surface area contributed by atoms with Gasteiger partial charge in [0.25, 0.3) is 5.91 Å². The summed E-state index contributed by atoms with van der Waals surface area (Å²) in [5.41, 5.74) is 3.27. The minimum atomic E-state index is -0.534. The molecular weight excluding hydrogens is 470 g/mol. The number of Topliss-reactive ketones (excluding diaryl/α,β-unsaturated/α-hetero) is 1. The Kier molecular flexibility index (Phi) is 10.5. The molecule has 2 N–H and O–H groups in total. The van der Waals surface area contributed by atoms with Gasteiger partial charge in [0.2, 0.25) is 5.91 Å². The summed E-state index contributed by atoms with van der Waals surface area (Å²) >= 11 is 1.79. The fraction of sp³-hybridized carbons (Fsp3) is 0.241. The smallest absolute Gasteiger partial charge is 0.277 e. The minimum absolute atomic E-state index is 0.0346. The molecule has 6 nitrogen and oxygen atoms in total. The summed E-state index contributed by atoms with van der Waals surface area (Å²) in [6.45, 7) is 3.66. The molecule has 2 amide bonds. The predicted octanol–water partition coefficient (Wildman–Crippen LogP) is 6.07. The quantitative estimate of drug-likeness (QED) is 0.233. The topological polar surface area (TPSA) is 87.6 Å². The van der Waals surface area contributed by atoms with Gasteiger partial charge in [-0.05, 0) is 41.8 Å². The maximum absolute atomic E-state index is 12.5. The number of carbonyl (C=O) groups excluding carboxylic acids is 3. The highest BCUT2D eigenvalue weighted by atomic mass is 32.2. The number of hydrogen-bond acceptors (Lipinski definition) is 5. The third-order valence-corrected chi connectivity index (χ3v) is 6.88. The maximum Gasteiger partial charge on any atom is 0.277 e. The average Bonchev–Trinajstić information content (AvgIpc) is 2.88. The number of nitrogens with one attached hydrogen (secondary N) is 2. The standard InChI is InChI=1S/C29H31N3O3S/c1-3-26(23-10-6-4-7-11-23)36-19-18-27(34)31-25-16-14-22(15-17-25)20-30-28(21(2)33)29(35)32-24-12-8-5-9-13-24/h4-17,26H,3,18-20H2,1-2H3,(H,31,34)(H,32,35). The molecule has 0 radical (unpaired) electrons. The molecule has 3 rings (SSSR count). The maximum atomic E-state index is 12.5. The summed E-state index contributed by atoms with van der Waals surface area (Å²) in [6, 6.07) is 26.5. The van der Waals surface area contributed by atoms with E-state index < -0.39 is 11.7 Å². The normalized spacial score (nSPS) is 12.0. The Morgan fingerprint density at radius 2 is 1.44 bits per heavy atom. The van der Waals surface area contributed by atoms with E-state index >= 15 is 0 Å². The Balaban J connectivity index is 1.49. The SMILES string of the molecule is CCC(SCCC(=O)Nc1ccc(CN=C(C(C)=O)C(=O)Nc2ccccc2)cc1)c1ccccc1. The first-order valence-electron chi connectivity index (χ1n) is 11.9.